The van der Waals surface area contributed by atoms with Crippen molar-refractivity contribution in [3.8, 4) is 5.75 Å². The second-order valence-electron chi connectivity index (χ2n) is 6.07. The van der Waals surface area contributed by atoms with Crippen LogP contribution in [0.15, 0.2) is 49.1 Å². The maximum atomic E-state index is 12.3. The van der Waals surface area contributed by atoms with Crippen LogP contribution in [0.4, 0.5) is 11.4 Å². The van der Waals surface area contributed by atoms with Crippen LogP contribution in [-0.4, -0.2) is 30.4 Å². The SMILES string of the molecule is CC(Cn1cc([N+](=O)[O-])cn1)C(=O)Nc1cnn(COc2cccc(Cl)c2)c1. The monoisotopic (exact) mass is 404 g/mol. The Morgan fingerprint density at radius 2 is 2.11 bits per heavy atom. The Hall–Kier alpha value is -3.40. The Bertz CT molecular complexity index is 985. The minimum atomic E-state index is -0.534. The summed E-state index contributed by atoms with van der Waals surface area (Å²) in [7, 11) is 0. The molecule has 0 spiro atoms. The zero-order valence-corrected chi connectivity index (χ0v) is 15.6. The van der Waals surface area contributed by atoms with Gasteiger partial charge in [-0.05, 0) is 18.2 Å². The number of hydrogen-bond acceptors (Lipinski definition) is 6. The van der Waals surface area contributed by atoms with E-state index in [0.717, 1.165) is 6.20 Å². The predicted octanol–water partition coefficient (Wildman–Crippen LogP) is 2.95. The molecule has 1 atom stereocenters. The number of benzene rings is 1. The molecule has 2 aromatic heterocycles. The van der Waals surface area contributed by atoms with E-state index in [0.29, 0.717) is 16.5 Å². The van der Waals surface area contributed by atoms with E-state index in [-0.39, 0.29) is 24.9 Å². The second-order valence-corrected chi connectivity index (χ2v) is 6.50. The van der Waals surface area contributed by atoms with Crippen molar-refractivity contribution < 1.29 is 14.5 Å². The van der Waals surface area contributed by atoms with Gasteiger partial charge in [0.05, 0.1) is 35.5 Å². The average Bonchev–Trinajstić information content (AvgIpc) is 3.29. The van der Waals surface area contributed by atoms with Crippen molar-refractivity contribution >= 4 is 28.9 Å². The molecule has 146 valence electrons. The predicted molar refractivity (Wildman–Crippen MR) is 101 cm³/mol. The van der Waals surface area contributed by atoms with Crippen molar-refractivity contribution in [2.75, 3.05) is 5.32 Å². The van der Waals surface area contributed by atoms with Crippen molar-refractivity contribution in [1.29, 1.82) is 0 Å². The van der Waals surface area contributed by atoms with Gasteiger partial charge in [-0.3, -0.25) is 19.6 Å². The number of nitrogens with one attached hydrogen (secondary N) is 1. The number of rotatable bonds is 8. The highest BCUT2D eigenvalue weighted by molar-refractivity contribution is 6.30. The minimum absolute atomic E-state index is 0.117. The lowest BCUT2D eigenvalue weighted by Gasteiger charge is -2.10. The number of nitro groups is 1. The second kappa shape index (κ2) is 8.53. The van der Waals surface area contributed by atoms with Crippen LogP contribution in [-0.2, 0) is 18.1 Å². The van der Waals surface area contributed by atoms with Crippen LogP contribution in [0.3, 0.4) is 0 Å². The summed E-state index contributed by atoms with van der Waals surface area (Å²) < 4.78 is 8.47. The number of ether oxygens (including phenoxy) is 1. The normalized spacial score (nSPS) is 11.8. The van der Waals surface area contributed by atoms with Gasteiger partial charge in [0.1, 0.15) is 18.1 Å². The Labute approximate surface area is 164 Å². The van der Waals surface area contributed by atoms with E-state index >= 15 is 0 Å². The number of anilines is 1. The number of halogens is 1. The van der Waals surface area contributed by atoms with Gasteiger partial charge in [0.15, 0.2) is 6.73 Å². The third kappa shape index (κ3) is 5.07. The Kier molecular flexibility index (Phi) is 5.90. The van der Waals surface area contributed by atoms with Gasteiger partial charge in [-0.2, -0.15) is 10.2 Å². The van der Waals surface area contributed by atoms with Crippen molar-refractivity contribution in [2.45, 2.75) is 20.2 Å². The minimum Gasteiger partial charge on any atom is -0.471 e. The summed E-state index contributed by atoms with van der Waals surface area (Å²) in [6, 6.07) is 7.00. The fourth-order valence-corrected chi connectivity index (χ4v) is 2.55. The summed E-state index contributed by atoms with van der Waals surface area (Å²) in [5.74, 6) is -0.102. The number of aromatic nitrogens is 4. The molecular weight excluding hydrogens is 388 g/mol. The van der Waals surface area contributed by atoms with Crippen molar-refractivity contribution in [2.24, 2.45) is 5.92 Å². The van der Waals surface area contributed by atoms with Crippen molar-refractivity contribution in [1.82, 2.24) is 19.6 Å². The highest BCUT2D eigenvalue weighted by atomic mass is 35.5. The van der Waals surface area contributed by atoms with E-state index in [1.54, 1.807) is 37.4 Å². The van der Waals surface area contributed by atoms with Gasteiger partial charge in [0, 0.05) is 5.02 Å². The lowest BCUT2D eigenvalue weighted by Crippen LogP contribution is -2.24. The van der Waals surface area contributed by atoms with Crippen LogP contribution >= 0.6 is 11.6 Å². The van der Waals surface area contributed by atoms with E-state index in [2.05, 4.69) is 15.5 Å². The van der Waals surface area contributed by atoms with Crippen LogP contribution in [0, 0.1) is 16.0 Å². The molecule has 3 aromatic rings. The molecular formula is C17H17ClN6O4. The number of carbonyl (C=O) groups excluding carboxylic acids is 1. The molecule has 0 radical (unpaired) electrons. The topological polar surface area (TPSA) is 117 Å². The van der Waals surface area contributed by atoms with E-state index in [1.165, 1.54) is 21.8 Å². The molecule has 2 heterocycles. The molecule has 0 aliphatic rings. The first-order valence-corrected chi connectivity index (χ1v) is 8.67. The number of carbonyl (C=O) groups is 1. The van der Waals surface area contributed by atoms with Gasteiger partial charge < -0.3 is 10.1 Å². The van der Waals surface area contributed by atoms with Gasteiger partial charge in [-0.25, -0.2) is 4.68 Å². The molecule has 1 N–H and O–H groups in total. The molecule has 0 saturated carbocycles. The molecule has 0 aliphatic heterocycles. The molecule has 0 bridgehead atoms. The summed E-state index contributed by atoms with van der Waals surface area (Å²) in [4.78, 5) is 22.5. The highest BCUT2D eigenvalue weighted by Crippen LogP contribution is 2.18. The van der Waals surface area contributed by atoms with Gasteiger partial charge in [-0.15, -0.1) is 0 Å². The molecule has 0 aliphatic carbocycles. The fourth-order valence-electron chi connectivity index (χ4n) is 2.37. The molecule has 0 saturated heterocycles. The standard InChI is InChI=1S/C17H17ClN6O4/c1-12(8-22-10-15(7-20-22)24(26)27)17(25)21-14-6-19-23(9-14)11-28-16-4-2-3-13(18)5-16/h2-7,9-10,12H,8,11H2,1H3,(H,21,25). The van der Waals surface area contributed by atoms with Gasteiger partial charge >= 0.3 is 5.69 Å². The third-order valence-electron chi connectivity index (χ3n) is 3.80. The van der Waals surface area contributed by atoms with Crippen LogP contribution in [0.5, 0.6) is 5.75 Å². The zero-order chi connectivity index (χ0) is 20.1. The number of hydrogen-bond donors (Lipinski definition) is 1. The molecule has 28 heavy (non-hydrogen) atoms. The molecule has 1 amide bonds. The third-order valence-corrected chi connectivity index (χ3v) is 4.03. The van der Waals surface area contributed by atoms with Gasteiger partial charge in [-0.1, -0.05) is 24.6 Å². The van der Waals surface area contributed by atoms with Gasteiger partial charge in [0.25, 0.3) is 0 Å². The van der Waals surface area contributed by atoms with Crippen molar-refractivity contribution in [3.63, 3.8) is 0 Å². The van der Waals surface area contributed by atoms with Crippen LogP contribution in [0.2, 0.25) is 5.02 Å². The Morgan fingerprint density at radius 1 is 1.32 bits per heavy atom. The summed E-state index contributed by atoms with van der Waals surface area (Å²) >= 11 is 5.90. The summed E-state index contributed by atoms with van der Waals surface area (Å²) in [6.07, 6.45) is 5.57. The molecule has 0 fully saturated rings. The first-order chi connectivity index (χ1) is 13.4. The van der Waals surface area contributed by atoms with Crippen LogP contribution in [0.1, 0.15) is 6.92 Å². The molecule has 1 unspecified atom stereocenters. The van der Waals surface area contributed by atoms with Gasteiger partial charge in [0.2, 0.25) is 5.91 Å². The largest absolute Gasteiger partial charge is 0.471 e. The van der Waals surface area contributed by atoms with E-state index < -0.39 is 10.8 Å². The zero-order valence-electron chi connectivity index (χ0n) is 14.9. The van der Waals surface area contributed by atoms with Crippen LogP contribution < -0.4 is 10.1 Å². The van der Waals surface area contributed by atoms with E-state index in [9.17, 15) is 14.9 Å². The lowest BCUT2D eigenvalue weighted by atomic mass is 10.1. The lowest BCUT2D eigenvalue weighted by molar-refractivity contribution is -0.385. The van der Waals surface area contributed by atoms with E-state index in [1.807, 2.05) is 0 Å². The van der Waals surface area contributed by atoms with E-state index in [4.69, 9.17) is 16.3 Å². The first-order valence-electron chi connectivity index (χ1n) is 8.29. The fraction of sp³-hybridized carbons (Fsp3) is 0.235. The maximum absolute atomic E-state index is 12.3. The maximum Gasteiger partial charge on any atom is 0.306 e. The quantitative estimate of drug-likeness (QED) is 0.455. The molecule has 1 aromatic carbocycles. The molecule has 3 rings (SSSR count). The Balaban J connectivity index is 1.51. The molecule has 10 nitrogen and oxygen atoms in total. The number of amides is 1. The summed E-state index contributed by atoms with van der Waals surface area (Å²) in [6.45, 7) is 2.07. The highest BCUT2D eigenvalue weighted by Gasteiger charge is 2.17. The van der Waals surface area contributed by atoms with Crippen LogP contribution in [0.25, 0.3) is 0 Å². The Morgan fingerprint density at radius 3 is 2.82 bits per heavy atom. The summed E-state index contributed by atoms with van der Waals surface area (Å²) in [5.41, 5.74) is 0.395. The first kappa shape index (κ1) is 19.4. The number of nitrogens with zero attached hydrogens (tertiary/aromatic N) is 5. The van der Waals surface area contributed by atoms with Crippen molar-refractivity contribution in [3.05, 3.63) is 64.2 Å². The average molecular weight is 405 g/mol. The molecule has 11 heteroatoms. The smallest absolute Gasteiger partial charge is 0.306 e. The summed E-state index contributed by atoms with van der Waals surface area (Å²) in [5, 5.41) is 22.0.